The van der Waals surface area contributed by atoms with Crippen molar-refractivity contribution < 1.29 is 4.79 Å². The Hall–Kier alpha value is -2.97. The number of carbonyl (C=O) groups excluding carboxylic acids is 1. The van der Waals surface area contributed by atoms with E-state index < -0.39 is 0 Å². The summed E-state index contributed by atoms with van der Waals surface area (Å²) in [5.41, 5.74) is 2.25. The van der Waals surface area contributed by atoms with Gasteiger partial charge in [0.15, 0.2) is 11.9 Å². The highest BCUT2D eigenvalue weighted by atomic mass is 32.1. The van der Waals surface area contributed by atoms with Gasteiger partial charge < -0.3 is 0 Å². The second kappa shape index (κ2) is 5.59. The number of fused-ring (bicyclic) bond motifs is 1. The highest BCUT2D eigenvalue weighted by Gasteiger charge is 2.39. The third kappa shape index (κ3) is 2.29. The Bertz CT molecular complexity index is 1040. The molecule has 0 aromatic carbocycles. The van der Waals surface area contributed by atoms with Crippen molar-refractivity contribution in [3.05, 3.63) is 34.8 Å². The Morgan fingerprint density at radius 2 is 2.21 bits per heavy atom. The minimum Gasteiger partial charge on any atom is -0.298 e. The number of hydrogen-bond acceptors (Lipinski definition) is 6. The molecule has 0 unspecified atom stereocenters. The first kappa shape index (κ1) is 14.6. The molecule has 8 heteroatoms. The van der Waals surface area contributed by atoms with Crippen LogP contribution in [0, 0.1) is 22.6 Å². The lowest BCUT2D eigenvalue weighted by Crippen LogP contribution is -2.36. The molecule has 0 amide bonds. The van der Waals surface area contributed by atoms with E-state index in [1.807, 2.05) is 12.1 Å². The van der Waals surface area contributed by atoms with Gasteiger partial charge in [0.05, 0.1) is 22.3 Å². The molecule has 0 radical (unpaired) electrons. The lowest BCUT2D eigenvalue weighted by Gasteiger charge is -2.09. The second-order valence-electron chi connectivity index (χ2n) is 5.74. The van der Waals surface area contributed by atoms with Crippen LogP contribution >= 0.6 is 11.3 Å². The Morgan fingerprint density at radius 1 is 1.38 bits per heavy atom. The second-order valence-corrected chi connectivity index (χ2v) is 6.82. The van der Waals surface area contributed by atoms with Crippen molar-refractivity contribution in [2.24, 2.45) is 0 Å². The molecule has 0 atom stereocenters. The van der Waals surface area contributed by atoms with Crippen molar-refractivity contribution in [1.29, 1.82) is 10.5 Å². The average Bonchev–Trinajstić information content (AvgIpc) is 3.18. The fourth-order valence-corrected chi connectivity index (χ4v) is 3.58. The van der Waals surface area contributed by atoms with Crippen molar-refractivity contribution in [1.82, 2.24) is 14.6 Å². The van der Waals surface area contributed by atoms with E-state index in [9.17, 15) is 10.1 Å². The zero-order valence-electron chi connectivity index (χ0n) is 12.5. The number of rotatable bonds is 4. The first-order valence-electron chi connectivity index (χ1n) is 7.49. The summed E-state index contributed by atoms with van der Waals surface area (Å²) in [5, 5.41) is 22.9. The van der Waals surface area contributed by atoms with Gasteiger partial charge in [0, 0.05) is 11.6 Å². The van der Waals surface area contributed by atoms with Crippen molar-refractivity contribution in [3.63, 3.8) is 0 Å². The summed E-state index contributed by atoms with van der Waals surface area (Å²) in [6.07, 6.45) is 4.24. The van der Waals surface area contributed by atoms with Crippen LogP contribution in [0.25, 0.3) is 16.2 Å². The molecule has 3 aromatic rings. The van der Waals surface area contributed by atoms with Gasteiger partial charge in [0.2, 0.25) is 0 Å². The van der Waals surface area contributed by atoms with Crippen LogP contribution in [0.3, 0.4) is 0 Å². The minimum atomic E-state index is -0.274. The number of aldehydes is 1. The third-order valence-corrected chi connectivity index (χ3v) is 5.19. The van der Waals surface area contributed by atoms with Crippen molar-refractivity contribution in [2.75, 3.05) is 0 Å². The van der Waals surface area contributed by atoms with Gasteiger partial charge in [0.25, 0.3) is 0 Å². The van der Waals surface area contributed by atoms with E-state index >= 15 is 0 Å². The number of aromatic nitrogens is 3. The molecule has 0 saturated heterocycles. The summed E-state index contributed by atoms with van der Waals surface area (Å²) in [4.78, 5) is 17.2. The van der Waals surface area contributed by atoms with Gasteiger partial charge in [-0.15, -0.1) is 11.3 Å². The van der Waals surface area contributed by atoms with Crippen LogP contribution in [0.4, 0.5) is 0 Å². The first-order chi connectivity index (χ1) is 11.7. The number of carbonyl (C=O) groups is 1. The summed E-state index contributed by atoms with van der Waals surface area (Å²) in [6, 6.07) is 7.54. The van der Waals surface area contributed by atoms with Crippen LogP contribution in [0.1, 0.15) is 28.1 Å². The largest absolute Gasteiger partial charge is 0.325 e. The Labute approximate surface area is 142 Å². The molecule has 114 valence electrons. The van der Waals surface area contributed by atoms with Crippen molar-refractivity contribution >= 4 is 35.6 Å². The molecule has 3 heterocycles. The molecular formula is C16H10BN5OS. The zero-order valence-corrected chi connectivity index (χ0v) is 13.3. The first-order valence-corrected chi connectivity index (χ1v) is 8.30. The van der Waals surface area contributed by atoms with E-state index in [-0.39, 0.29) is 6.71 Å². The van der Waals surface area contributed by atoms with Gasteiger partial charge in [-0.2, -0.15) is 10.4 Å². The maximum Gasteiger partial charge on any atom is 0.325 e. The lowest BCUT2D eigenvalue weighted by atomic mass is 9.44. The monoisotopic (exact) mass is 331 g/mol. The smallest absolute Gasteiger partial charge is 0.298 e. The lowest BCUT2D eigenvalue weighted by molar-refractivity contribution is 0.112. The van der Waals surface area contributed by atoms with E-state index in [0.29, 0.717) is 27.6 Å². The molecule has 0 spiro atoms. The van der Waals surface area contributed by atoms with Gasteiger partial charge in [0.1, 0.15) is 10.9 Å². The molecule has 6 nitrogen and oxygen atoms in total. The van der Waals surface area contributed by atoms with Gasteiger partial charge in [-0.3, -0.25) is 4.79 Å². The van der Waals surface area contributed by atoms with Crippen LogP contribution in [-0.2, 0) is 0 Å². The normalized spacial score (nSPS) is 13.4. The van der Waals surface area contributed by atoms with Crippen LogP contribution < -0.4 is 5.59 Å². The summed E-state index contributed by atoms with van der Waals surface area (Å²) in [6.45, 7) is -0.274. The van der Waals surface area contributed by atoms with Gasteiger partial charge >= 0.3 is 6.71 Å². The van der Waals surface area contributed by atoms with Crippen molar-refractivity contribution in [2.45, 2.75) is 18.7 Å². The number of thiophene rings is 1. The van der Waals surface area contributed by atoms with E-state index in [0.717, 1.165) is 29.6 Å². The zero-order chi connectivity index (χ0) is 16.7. The topological polar surface area (TPSA) is 94.8 Å². The van der Waals surface area contributed by atoms with Gasteiger partial charge in [-0.05, 0) is 24.0 Å². The van der Waals surface area contributed by atoms with E-state index in [4.69, 9.17) is 5.26 Å². The highest BCUT2D eigenvalue weighted by Crippen LogP contribution is 2.39. The molecular weight excluding hydrogens is 321 g/mol. The SMILES string of the molecule is N#CB(c1cc(-c2ccc(C#N)s2)nc2c(C=O)cnn12)C1CC1. The summed E-state index contributed by atoms with van der Waals surface area (Å²) >= 11 is 1.34. The predicted molar refractivity (Wildman–Crippen MR) is 90.4 cm³/mol. The Balaban J connectivity index is 1.96. The van der Waals surface area contributed by atoms with Gasteiger partial charge in [-0.25, -0.2) is 14.8 Å². The summed E-state index contributed by atoms with van der Waals surface area (Å²) < 4.78 is 1.60. The molecule has 0 bridgehead atoms. The number of hydrogen-bond donors (Lipinski definition) is 0. The van der Waals surface area contributed by atoms with E-state index in [1.54, 1.807) is 10.6 Å². The highest BCUT2D eigenvalue weighted by molar-refractivity contribution is 7.16. The molecule has 1 aliphatic rings. The average molecular weight is 331 g/mol. The summed E-state index contributed by atoms with van der Waals surface area (Å²) in [5.74, 6) is 2.70. The van der Waals surface area contributed by atoms with Crippen LogP contribution in [0.2, 0.25) is 5.82 Å². The molecule has 1 fully saturated rings. The van der Waals surface area contributed by atoms with Gasteiger partial charge in [-0.1, -0.05) is 12.8 Å². The van der Waals surface area contributed by atoms with Crippen LogP contribution in [0.5, 0.6) is 0 Å². The molecule has 24 heavy (non-hydrogen) atoms. The summed E-state index contributed by atoms with van der Waals surface area (Å²) in [7, 11) is 0. The molecule has 4 rings (SSSR count). The molecule has 3 aromatic heterocycles. The maximum absolute atomic E-state index is 11.3. The minimum absolute atomic E-state index is 0.274. The van der Waals surface area contributed by atoms with Crippen molar-refractivity contribution in [3.8, 4) is 22.6 Å². The Morgan fingerprint density at radius 3 is 2.83 bits per heavy atom. The van der Waals surface area contributed by atoms with Crippen LogP contribution in [0.15, 0.2) is 24.4 Å². The molecule has 1 aliphatic carbocycles. The number of nitrogens with zero attached hydrogens (tertiary/aromatic N) is 5. The maximum atomic E-state index is 11.3. The number of nitriles is 2. The molecule has 0 aliphatic heterocycles. The fraction of sp³-hybridized carbons (Fsp3) is 0.188. The standard InChI is InChI=1S/C16H10BN5OS/c18-6-12-3-4-14(24-12)13-5-15(17(9-19)11-1-2-11)22-16(21-13)10(8-23)7-20-22/h3-5,7-8,11H,1-2H2. The van der Waals surface area contributed by atoms with E-state index in [2.05, 4.69) is 22.1 Å². The Kier molecular flexibility index (Phi) is 3.40. The van der Waals surface area contributed by atoms with Crippen LogP contribution in [-0.4, -0.2) is 27.6 Å². The fourth-order valence-electron chi connectivity index (χ4n) is 2.81. The quantitative estimate of drug-likeness (QED) is 0.539. The van der Waals surface area contributed by atoms with E-state index in [1.165, 1.54) is 17.5 Å². The third-order valence-electron chi connectivity index (χ3n) is 4.17. The predicted octanol–water partition coefficient (Wildman–Crippen LogP) is 2.07. The molecule has 1 saturated carbocycles. The molecule has 0 N–H and O–H groups in total.